The van der Waals surface area contributed by atoms with Crippen LogP contribution in [0.5, 0.6) is 0 Å². The minimum atomic E-state index is -0.808. The number of carbonyl (C=O) groups is 1. The SMILES string of the molecule is O=C(/C=C/c1cc(F)cc(F)c1)N[C@H]1CC[C@@H](CN2CCC(c3ccc(F)c(F)c3)CC2)C1. The van der Waals surface area contributed by atoms with Gasteiger partial charge in [0, 0.05) is 24.7 Å². The third-order valence-corrected chi connectivity index (χ3v) is 6.72. The van der Waals surface area contributed by atoms with E-state index >= 15 is 0 Å². The summed E-state index contributed by atoms with van der Waals surface area (Å²) in [5.74, 6) is -2.46. The second-order valence-corrected chi connectivity index (χ2v) is 9.17. The van der Waals surface area contributed by atoms with Gasteiger partial charge in [-0.2, -0.15) is 0 Å². The quantitative estimate of drug-likeness (QED) is 0.461. The van der Waals surface area contributed by atoms with Gasteiger partial charge in [-0.1, -0.05) is 6.07 Å². The Morgan fingerprint density at radius 3 is 2.36 bits per heavy atom. The molecular formula is C26H28F4N2O. The molecule has 0 unspecified atom stereocenters. The Morgan fingerprint density at radius 2 is 1.67 bits per heavy atom. The maximum absolute atomic E-state index is 13.5. The summed E-state index contributed by atoms with van der Waals surface area (Å²) < 4.78 is 53.2. The maximum atomic E-state index is 13.5. The molecule has 2 aromatic rings. The number of hydrogen-bond donors (Lipinski definition) is 1. The third kappa shape index (κ3) is 6.44. The number of carbonyl (C=O) groups excluding carboxylic acids is 1. The van der Waals surface area contributed by atoms with Crippen molar-refractivity contribution in [1.29, 1.82) is 0 Å². The van der Waals surface area contributed by atoms with E-state index in [9.17, 15) is 22.4 Å². The summed E-state index contributed by atoms with van der Waals surface area (Å²) in [6.07, 6.45) is 7.40. The van der Waals surface area contributed by atoms with Gasteiger partial charge in [-0.3, -0.25) is 4.79 Å². The van der Waals surface area contributed by atoms with Gasteiger partial charge >= 0.3 is 0 Å². The van der Waals surface area contributed by atoms with Crippen LogP contribution in [-0.2, 0) is 4.79 Å². The number of likely N-dealkylation sites (tertiary alicyclic amines) is 1. The fourth-order valence-corrected chi connectivity index (χ4v) is 5.04. The zero-order valence-electron chi connectivity index (χ0n) is 18.4. The highest BCUT2D eigenvalue weighted by Crippen LogP contribution is 2.32. The normalized spacial score (nSPS) is 22.2. The van der Waals surface area contributed by atoms with Crippen LogP contribution in [0.2, 0.25) is 0 Å². The number of piperidine rings is 1. The molecule has 0 bridgehead atoms. The lowest BCUT2D eigenvalue weighted by Gasteiger charge is -2.33. The fraction of sp³-hybridized carbons (Fsp3) is 0.423. The van der Waals surface area contributed by atoms with Gasteiger partial charge in [0.1, 0.15) is 11.6 Å². The molecule has 33 heavy (non-hydrogen) atoms. The van der Waals surface area contributed by atoms with Gasteiger partial charge in [0.25, 0.3) is 0 Å². The molecule has 2 aromatic carbocycles. The number of halogens is 4. The lowest BCUT2D eigenvalue weighted by Crippen LogP contribution is -2.37. The molecule has 1 heterocycles. The molecule has 0 spiro atoms. The minimum Gasteiger partial charge on any atom is -0.350 e. The molecule has 4 rings (SSSR count). The Labute approximate surface area is 191 Å². The largest absolute Gasteiger partial charge is 0.350 e. The average molecular weight is 461 g/mol. The van der Waals surface area contributed by atoms with Gasteiger partial charge in [0.15, 0.2) is 11.6 Å². The maximum Gasteiger partial charge on any atom is 0.244 e. The smallest absolute Gasteiger partial charge is 0.244 e. The highest BCUT2D eigenvalue weighted by molar-refractivity contribution is 5.91. The van der Waals surface area contributed by atoms with Crippen LogP contribution in [-0.4, -0.2) is 36.5 Å². The first-order valence-electron chi connectivity index (χ1n) is 11.5. The topological polar surface area (TPSA) is 32.3 Å². The van der Waals surface area contributed by atoms with Crippen LogP contribution in [0.15, 0.2) is 42.5 Å². The molecule has 2 fully saturated rings. The summed E-state index contributed by atoms with van der Waals surface area (Å²) in [5.41, 5.74) is 1.17. The number of nitrogens with zero attached hydrogens (tertiary/aromatic N) is 1. The van der Waals surface area contributed by atoms with Gasteiger partial charge < -0.3 is 10.2 Å². The van der Waals surface area contributed by atoms with Gasteiger partial charge in [0.2, 0.25) is 5.91 Å². The standard InChI is InChI=1S/C26H28F4N2O/c27-21-11-17(12-22(28)15-21)2-6-26(33)31-23-4-1-18(13-23)16-32-9-7-19(8-10-32)20-3-5-24(29)25(30)14-20/h2-3,5-6,11-12,14-15,18-19,23H,1,4,7-10,13,16H2,(H,31,33)/b6-2+/t18-,23+/m1/s1. The minimum absolute atomic E-state index is 0.0936. The molecule has 1 saturated heterocycles. The molecule has 0 radical (unpaired) electrons. The first-order valence-corrected chi connectivity index (χ1v) is 11.5. The van der Waals surface area contributed by atoms with Crippen molar-refractivity contribution in [2.45, 2.75) is 44.1 Å². The Hall–Kier alpha value is -2.67. The van der Waals surface area contributed by atoms with Gasteiger partial charge in [0.05, 0.1) is 0 Å². The predicted octanol–water partition coefficient (Wildman–Crippen LogP) is 5.42. The summed E-state index contributed by atoms with van der Waals surface area (Å²) in [6.45, 7) is 2.81. The van der Waals surface area contributed by atoms with E-state index in [1.165, 1.54) is 36.4 Å². The number of benzene rings is 2. The van der Waals surface area contributed by atoms with Crippen LogP contribution in [0.3, 0.4) is 0 Å². The molecule has 176 valence electrons. The monoisotopic (exact) mass is 460 g/mol. The van der Waals surface area contributed by atoms with E-state index in [2.05, 4.69) is 10.2 Å². The lowest BCUT2D eigenvalue weighted by molar-refractivity contribution is -0.117. The summed E-state index contributed by atoms with van der Waals surface area (Å²) in [6, 6.07) is 7.44. The zero-order valence-corrected chi connectivity index (χ0v) is 18.4. The molecule has 1 amide bonds. The highest BCUT2D eigenvalue weighted by atomic mass is 19.2. The Kier molecular flexibility index (Phi) is 7.48. The molecule has 1 saturated carbocycles. The summed E-state index contributed by atoms with van der Waals surface area (Å²) >= 11 is 0. The van der Waals surface area contributed by atoms with Crippen LogP contribution in [0.25, 0.3) is 6.08 Å². The van der Waals surface area contributed by atoms with Crippen molar-refractivity contribution in [3.63, 3.8) is 0 Å². The average Bonchev–Trinajstić information content (AvgIpc) is 3.21. The molecule has 1 N–H and O–H groups in total. The number of amides is 1. The summed E-state index contributed by atoms with van der Waals surface area (Å²) in [5, 5.41) is 2.99. The van der Waals surface area contributed by atoms with E-state index in [4.69, 9.17) is 0 Å². The molecule has 3 nitrogen and oxygen atoms in total. The Balaban J connectivity index is 1.20. The van der Waals surface area contributed by atoms with E-state index in [0.29, 0.717) is 11.5 Å². The Bertz CT molecular complexity index is 997. The molecule has 1 aliphatic heterocycles. The number of nitrogens with one attached hydrogen (secondary N) is 1. The van der Waals surface area contributed by atoms with Crippen LogP contribution < -0.4 is 5.32 Å². The van der Waals surface area contributed by atoms with Crippen molar-refractivity contribution >= 4 is 12.0 Å². The van der Waals surface area contributed by atoms with Gasteiger partial charge in [-0.25, -0.2) is 17.6 Å². The van der Waals surface area contributed by atoms with Crippen molar-refractivity contribution in [3.05, 3.63) is 76.9 Å². The molecule has 2 atom stereocenters. The summed E-state index contributed by atoms with van der Waals surface area (Å²) in [4.78, 5) is 14.6. The molecule has 7 heteroatoms. The van der Waals surface area contributed by atoms with Gasteiger partial charge in [-0.05, 0) is 98.5 Å². The van der Waals surface area contributed by atoms with Crippen LogP contribution in [0.4, 0.5) is 17.6 Å². The van der Waals surface area contributed by atoms with Crippen molar-refractivity contribution in [2.24, 2.45) is 5.92 Å². The van der Waals surface area contributed by atoms with E-state index in [1.54, 1.807) is 6.07 Å². The zero-order chi connectivity index (χ0) is 23.4. The molecule has 1 aliphatic carbocycles. The van der Waals surface area contributed by atoms with Crippen LogP contribution in [0, 0.1) is 29.2 Å². The van der Waals surface area contributed by atoms with E-state index in [1.807, 2.05) is 0 Å². The van der Waals surface area contributed by atoms with Gasteiger partial charge in [-0.15, -0.1) is 0 Å². The fourth-order valence-electron chi connectivity index (χ4n) is 5.04. The molecule has 0 aromatic heterocycles. The van der Waals surface area contributed by atoms with Crippen LogP contribution in [0.1, 0.15) is 49.1 Å². The lowest BCUT2D eigenvalue weighted by atomic mass is 9.89. The number of rotatable bonds is 6. The van der Waals surface area contributed by atoms with E-state index in [0.717, 1.165) is 63.4 Å². The van der Waals surface area contributed by atoms with Crippen molar-refractivity contribution in [3.8, 4) is 0 Å². The molecular weight excluding hydrogens is 432 g/mol. The highest BCUT2D eigenvalue weighted by Gasteiger charge is 2.29. The second-order valence-electron chi connectivity index (χ2n) is 9.17. The first kappa shape index (κ1) is 23.5. The third-order valence-electron chi connectivity index (χ3n) is 6.72. The van der Waals surface area contributed by atoms with E-state index in [-0.39, 0.29) is 17.9 Å². The second kappa shape index (κ2) is 10.5. The first-order chi connectivity index (χ1) is 15.9. The number of hydrogen-bond acceptors (Lipinski definition) is 2. The predicted molar refractivity (Wildman–Crippen MR) is 119 cm³/mol. The van der Waals surface area contributed by atoms with Crippen molar-refractivity contribution in [2.75, 3.05) is 19.6 Å². The van der Waals surface area contributed by atoms with Crippen LogP contribution >= 0.6 is 0 Å². The molecule has 2 aliphatic rings. The van der Waals surface area contributed by atoms with Crippen molar-refractivity contribution in [1.82, 2.24) is 10.2 Å². The van der Waals surface area contributed by atoms with E-state index < -0.39 is 23.3 Å². The van der Waals surface area contributed by atoms with Crippen molar-refractivity contribution < 1.29 is 22.4 Å². The summed E-state index contributed by atoms with van der Waals surface area (Å²) in [7, 11) is 0. The Morgan fingerprint density at radius 1 is 0.939 bits per heavy atom.